The van der Waals surface area contributed by atoms with Crippen molar-refractivity contribution in [2.45, 2.75) is 78.7 Å². The maximum Gasteiger partial charge on any atom is 0.418 e. The third kappa shape index (κ3) is 3.33. The number of likely N-dealkylation sites (tertiary alicyclic amines) is 1. The monoisotopic (exact) mass is 450 g/mol. The van der Waals surface area contributed by atoms with Crippen molar-refractivity contribution < 1.29 is 14.3 Å². The van der Waals surface area contributed by atoms with Crippen molar-refractivity contribution in [1.29, 1.82) is 0 Å². The zero-order chi connectivity index (χ0) is 23.8. The molecule has 2 heterocycles. The molecule has 5 unspecified atom stereocenters. The van der Waals surface area contributed by atoms with Crippen molar-refractivity contribution in [2.75, 3.05) is 7.05 Å². The van der Waals surface area contributed by atoms with Crippen molar-refractivity contribution >= 4 is 17.6 Å². The lowest BCUT2D eigenvalue weighted by atomic mass is 9.49. The third-order valence-electron chi connectivity index (χ3n) is 9.21. The van der Waals surface area contributed by atoms with Gasteiger partial charge in [-0.05, 0) is 93.7 Å². The van der Waals surface area contributed by atoms with Crippen LogP contribution in [0.5, 0.6) is 0 Å². The Kier molecular flexibility index (Phi) is 5.01. The number of fused-ring (bicyclic) bond motifs is 5. The van der Waals surface area contributed by atoms with Crippen LogP contribution in [0, 0.1) is 28.6 Å². The number of amides is 1. The molecule has 1 aromatic rings. The van der Waals surface area contributed by atoms with Crippen LogP contribution in [0.25, 0.3) is 5.57 Å². The Morgan fingerprint density at radius 1 is 1.09 bits per heavy atom. The van der Waals surface area contributed by atoms with E-state index in [4.69, 9.17) is 4.74 Å². The first-order chi connectivity index (χ1) is 15.5. The molecular formula is C28H38N2O3. The first kappa shape index (κ1) is 22.5. The second-order valence-corrected chi connectivity index (χ2v) is 12.1. The predicted molar refractivity (Wildman–Crippen MR) is 129 cm³/mol. The van der Waals surface area contributed by atoms with Gasteiger partial charge in [0.05, 0.1) is 5.69 Å². The zero-order valence-corrected chi connectivity index (χ0v) is 21.0. The van der Waals surface area contributed by atoms with Gasteiger partial charge in [-0.2, -0.15) is 0 Å². The Labute approximate surface area is 197 Å². The summed E-state index contributed by atoms with van der Waals surface area (Å²) >= 11 is 0. The fourth-order valence-electron chi connectivity index (χ4n) is 7.62. The van der Waals surface area contributed by atoms with E-state index < -0.39 is 5.60 Å². The SMILES string of the molecule is CN1C(=O)CCC2(C)C1=CCC1C3CC=C(c4cccn4C(=O)OC(C)(C)C)C3(C)CCC12. The standard InChI is InChI=1S/C28H38N2O3/c1-26(2,3)33-25(32)30-17-7-8-22(30)21-11-10-19-18-9-12-23-28(5,16-14-24(31)29(23)6)20(18)13-15-27(19,21)4/h7-8,11-12,17-20H,9-10,13-16H2,1-6H3. The van der Waals surface area contributed by atoms with Crippen molar-refractivity contribution in [3.05, 3.63) is 41.9 Å². The van der Waals surface area contributed by atoms with Crippen LogP contribution in [-0.4, -0.2) is 34.1 Å². The van der Waals surface area contributed by atoms with E-state index in [0.29, 0.717) is 24.2 Å². The van der Waals surface area contributed by atoms with E-state index in [-0.39, 0.29) is 22.8 Å². The second-order valence-electron chi connectivity index (χ2n) is 12.1. The molecule has 1 aromatic heterocycles. The van der Waals surface area contributed by atoms with Crippen molar-refractivity contribution in [2.24, 2.45) is 28.6 Å². The highest BCUT2D eigenvalue weighted by molar-refractivity contribution is 5.81. The minimum absolute atomic E-state index is 0.0530. The van der Waals surface area contributed by atoms with Crippen molar-refractivity contribution in [3.63, 3.8) is 0 Å². The number of nitrogens with zero attached hydrogens (tertiary/aromatic N) is 2. The Morgan fingerprint density at radius 2 is 1.85 bits per heavy atom. The number of ether oxygens (including phenoxy) is 1. The maximum absolute atomic E-state index is 12.9. The summed E-state index contributed by atoms with van der Waals surface area (Å²) in [5, 5.41) is 0. The summed E-state index contributed by atoms with van der Waals surface area (Å²) in [4.78, 5) is 27.2. The lowest BCUT2D eigenvalue weighted by molar-refractivity contribution is -0.135. The van der Waals surface area contributed by atoms with Gasteiger partial charge < -0.3 is 9.64 Å². The van der Waals surface area contributed by atoms with E-state index in [9.17, 15) is 9.59 Å². The van der Waals surface area contributed by atoms with Crippen LogP contribution >= 0.6 is 0 Å². The summed E-state index contributed by atoms with van der Waals surface area (Å²) in [6, 6.07) is 4.02. The molecule has 1 saturated heterocycles. The highest BCUT2D eigenvalue weighted by Crippen LogP contribution is 2.66. The first-order valence-corrected chi connectivity index (χ1v) is 12.5. The normalized spacial score (nSPS) is 35.9. The Morgan fingerprint density at radius 3 is 2.58 bits per heavy atom. The van der Waals surface area contributed by atoms with Gasteiger partial charge in [0.25, 0.3) is 0 Å². The lowest BCUT2D eigenvalue weighted by Gasteiger charge is -2.58. The predicted octanol–water partition coefficient (Wildman–Crippen LogP) is 6.25. The zero-order valence-electron chi connectivity index (χ0n) is 21.0. The van der Waals surface area contributed by atoms with Crippen molar-refractivity contribution in [3.8, 4) is 0 Å². The number of aromatic nitrogens is 1. The summed E-state index contributed by atoms with van der Waals surface area (Å²) < 4.78 is 7.38. The molecule has 178 valence electrons. The summed E-state index contributed by atoms with van der Waals surface area (Å²) in [7, 11) is 1.96. The van der Waals surface area contributed by atoms with Gasteiger partial charge >= 0.3 is 6.09 Å². The molecule has 1 aliphatic heterocycles. The molecule has 1 saturated carbocycles. The Balaban J connectivity index is 1.45. The largest absolute Gasteiger partial charge is 0.443 e. The minimum atomic E-state index is -0.525. The number of hydrogen-bond acceptors (Lipinski definition) is 3. The molecule has 1 amide bonds. The van der Waals surface area contributed by atoms with E-state index >= 15 is 0 Å². The van der Waals surface area contributed by atoms with Gasteiger partial charge in [-0.1, -0.05) is 26.0 Å². The van der Waals surface area contributed by atoms with Crippen LogP contribution in [0.15, 0.2) is 36.2 Å². The summed E-state index contributed by atoms with van der Waals surface area (Å²) in [6.45, 7) is 10.5. The van der Waals surface area contributed by atoms with E-state index in [2.05, 4.69) is 32.1 Å². The van der Waals surface area contributed by atoms with E-state index in [1.807, 2.05) is 45.0 Å². The molecule has 0 N–H and O–H groups in total. The van der Waals surface area contributed by atoms with Gasteiger partial charge in [0.15, 0.2) is 0 Å². The number of carbonyl (C=O) groups is 2. The molecule has 5 heteroatoms. The first-order valence-electron chi connectivity index (χ1n) is 12.5. The van der Waals surface area contributed by atoms with Crippen LogP contribution in [0.4, 0.5) is 4.79 Å². The van der Waals surface area contributed by atoms with Gasteiger partial charge in [-0.25, -0.2) is 4.79 Å². The quantitative estimate of drug-likeness (QED) is 0.508. The highest BCUT2D eigenvalue weighted by Gasteiger charge is 2.58. The van der Waals surface area contributed by atoms with Gasteiger partial charge in [0.1, 0.15) is 5.60 Å². The van der Waals surface area contributed by atoms with Crippen molar-refractivity contribution in [1.82, 2.24) is 9.47 Å². The minimum Gasteiger partial charge on any atom is -0.443 e. The van der Waals surface area contributed by atoms with Gasteiger partial charge in [0.2, 0.25) is 5.91 Å². The molecule has 5 rings (SSSR count). The average molecular weight is 451 g/mol. The smallest absolute Gasteiger partial charge is 0.418 e. The van der Waals surface area contributed by atoms with Crippen LogP contribution in [-0.2, 0) is 9.53 Å². The molecule has 3 aliphatic carbocycles. The molecule has 0 radical (unpaired) electrons. The molecule has 0 aromatic carbocycles. The Hall–Kier alpha value is -2.30. The third-order valence-corrected chi connectivity index (χ3v) is 9.21. The molecule has 5 atom stereocenters. The number of piperidine rings is 1. The molecule has 33 heavy (non-hydrogen) atoms. The molecular weight excluding hydrogens is 412 g/mol. The lowest BCUT2D eigenvalue weighted by Crippen LogP contribution is -2.53. The summed E-state index contributed by atoms with van der Waals surface area (Å²) in [5.41, 5.74) is 3.16. The summed E-state index contributed by atoms with van der Waals surface area (Å²) in [6.07, 6.45) is 12.3. The fraction of sp³-hybridized carbons (Fsp3) is 0.643. The number of allylic oxidation sites excluding steroid dienone is 4. The molecule has 5 nitrogen and oxygen atoms in total. The topological polar surface area (TPSA) is 51.5 Å². The van der Waals surface area contributed by atoms with Crippen LogP contribution in [0.1, 0.15) is 78.8 Å². The number of carbonyl (C=O) groups excluding carboxylic acids is 2. The van der Waals surface area contributed by atoms with Gasteiger partial charge in [0, 0.05) is 30.8 Å². The Bertz CT molecular complexity index is 1060. The van der Waals surface area contributed by atoms with E-state index in [1.165, 1.54) is 11.3 Å². The number of hydrogen-bond donors (Lipinski definition) is 0. The molecule has 0 spiro atoms. The average Bonchev–Trinajstić information content (AvgIpc) is 3.33. The van der Waals surface area contributed by atoms with Gasteiger partial charge in [-0.3, -0.25) is 9.36 Å². The molecule has 2 fully saturated rings. The van der Waals surface area contributed by atoms with E-state index in [1.54, 1.807) is 4.57 Å². The van der Waals surface area contributed by atoms with Crippen LogP contribution < -0.4 is 0 Å². The van der Waals surface area contributed by atoms with Gasteiger partial charge in [-0.15, -0.1) is 0 Å². The number of rotatable bonds is 1. The molecule has 0 bridgehead atoms. The maximum atomic E-state index is 12.9. The molecule has 4 aliphatic rings. The van der Waals surface area contributed by atoms with Crippen LogP contribution in [0.2, 0.25) is 0 Å². The highest BCUT2D eigenvalue weighted by atomic mass is 16.6. The van der Waals surface area contributed by atoms with E-state index in [0.717, 1.165) is 37.8 Å². The fourth-order valence-corrected chi connectivity index (χ4v) is 7.62. The summed E-state index contributed by atoms with van der Waals surface area (Å²) in [5.74, 6) is 2.03. The second kappa shape index (κ2) is 7.35. The van der Waals surface area contributed by atoms with Crippen LogP contribution in [0.3, 0.4) is 0 Å².